The lowest BCUT2D eigenvalue weighted by Gasteiger charge is -2.20. The molecular weight excluding hydrogens is 126 g/mol. The zero-order valence-corrected chi connectivity index (χ0v) is 6.13. The fourth-order valence-electron chi connectivity index (χ4n) is 0.909. The molecule has 1 aliphatic heterocycles. The smallest absolute Gasteiger partial charge is 0.246 e. The molecule has 0 spiro atoms. The molecule has 0 saturated carbocycles. The molecule has 0 N–H and O–H groups in total. The fraction of sp³-hybridized carbons (Fsp3) is 0.375. The van der Waals surface area contributed by atoms with Crippen LogP contribution < -0.4 is 0 Å². The summed E-state index contributed by atoms with van der Waals surface area (Å²) >= 11 is 0. The first-order valence-corrected chi connectivity index (χ1v) is 3.32. The van der Waals surface area contributed by atoms with E-state index in [2.05, 4.69) is 6.58 Å². The van der Waals surface area contributed by atoms with Crippen LogP contribution in [0.2, 0.25) is 0 Å². The summed E-state index contributed by atoms with van der Waals surface area (Å²) in [5.74, 6) is 0.0844. The largest absolute Gasteiger partial charge is 0.342 e. The Balaban J connectivity index is 2.75. The predicted octanol–water partition coefficient (Wildman–Crippen LogP) is 0.961. The highest BCUT2D eigenvalue weighted by Gasteiger charge is 2.11. The van der Waals surface area contributed by atoms with Crippen LogP contribution in [0, 0.1) is 0 Å². The predicted molar refractivity (Wildman–Crippen MR) is 40.5 cm³/mol. The summed E-state index contributed by atoms with van der Waals surface area (Å²) in [5, 5.41) is 0. The van der Waals surface area contributed by atoms with Gasteiger partial charge >= 0.3 is 0 Å². The van der Waals surface area contributed by atoms with Crippen molar-refractivity contribution in [1.29, 1.82) is 0 Å². The van der Waals surface area contributed by atoms with Gasteiger partial charge in [-0.05, 0) is 12.0 Å². The van der Waals surface area contributed by atoms with E-state index in [1.807, 2.05) is 0 Å². The molecule has 0 atom stereocenters. The molecule has 0 bridgehead atoms. The molecule has 10 heavy (non-hydrogen) atoms. The Morgan fingerprint density at radius 1 is 1.80 bits per heavy atom. The lowest BCUT2D eigenvalue weighted by Crippen LogP contribution is -2.29. The Hall–Kier alpha value is -1.05. The number of carbonyl (C=O) groups excluding carboxylic acids is 1. The summed E-state index contributed by atoms with van der Waals surface area (Å²) in [4.78, 5) is 12.7. The van der Waals surface area contributed by atoms with Gasteiger partial charge < -0.3 is 4.90 Å². The van der Waals surface area contributed by atoms with Crippen molar-refractivity contribution >= 4 is 5.91 Å². The third-order valence-electron chi connectivity index (χ3n) is 1.68. The number of hydrogen-bond acceptors (Lipinski definition) is 1. The fourth-order valence-corrected chi connectivity index (χ4v) is 0.909. The molecule has 0 aromatic rings. The normalized spacial score (nSPS) is 18.7. The van der Waals surface area contributed by atoms with E-state index in [0.717, 1.165) is 18.5 Å². The van der Waals surface area contributed by atoms with E-state index >= 15 is 0 Å². The van der Waals surface area contributed by atoms with Gasteiger partial charge in [0.2, 0.25) is 5.91 Å². The van der Waals surface area contributed by atoms with Crippen LogP contribution >= 0.6 is 0 Å². The van der Waals surface area contributed by atoms with E-state index in [1.54, 1.807) is 24.1 Å². The summed E-state index contributed by atoms with van der Waals surface area (Å²) in [7, 11) is 1.80. The van der Waals surface area contributed by atoms with Crippen LogP contribution in [0.1, 0.15) is 6.42 Å². The zero-order chi connectivity index (χ0) is 7.56. The number of nitrogens with zero attached hydrogens (tertiary/aromatic N) is 1. The SMILES string of the molecule is C=CC1=CC(=O)N(C)CC1. The highest BCUT2D eigenvalue weighted by atomic mass is 16.2. The minimum absolute atomic E-state index is 0.0844. The second kappa shape index (κ2) is 2.69. The molecule has 0 unspecified atom stereocenters. The molecule has 2 nitrogen and oxygen atoms in total. The van der Waals surface area contributed by atoms with E-state index in [9.17, 15) is 4.79 Å². The van der Waals surface area contributed by atoms with E-state index in [-0.39, 0.29) is 5.91 Å². The van der Waals surface area contributed by atoms with E-state index < -0.39 is 0 Å². The second-order valence-electron chi connectivity index (χ2n) is 2.43. The lowest BCUT2D eigenvalue weighted by molar-refractivity contribution is -0.125. The third-order valence-corrected chi connectivity index (χ3v) is 1.68. The quantitative estimate of drug-likeness (QED) is 0.527. The second-order valence-corrected chi connectivity index (χ2v) is 2.43. The van der Waals surface area contributed by atoms with Crippen molar-refractivity contribution < 1.29 is 4.79 Å². The summed E-state index contributed by atoms with van der Waals surface area (Å²) in [6, 6.07) is 0. The first kappa shape index (κ1) is 7.06. The van der Waals surface area contributed by atoms with Crippen LogP contribution in [0.3, 0.4) is 0 Å². The molecule has 2 heteroatoms. The number of allylic oxidation sites excluding steroid dienone is 1. The van der Waals surface area contributed by atoms with Gasteiger partial charge in [-0.25, -0.2) is 0 Å². The maximum absolute atomic E-state index is 11.0. The number of carbonyl (C=O) groups is 1. The van der Waals surface area contributed by atoms with E-state index in [0.29, 0.717) is 0 Å². The Morgan fingerprint density at radius 3 is 3.00 bits per heavy atom. The minimum atomic E-state index is 0.0844. The molecule has 1 rings (SSSR count). The van der Waals surface area contributed by atoms with Gasteiger partial charge in [-0.2, -0.15) is 0 Å². The van der Waals surface area contributed by atoms with Crippen molar-refractivity contribution in [3.63, 3.8) is 0 Å². The molecule has 0 aliphatic carbocycles. The monoisotopic (exact) mass is 137 g/mol. The first-order chi connectivity index (χ1) is 4.74. The van der Waals surface area contributed by atoms with Crippen LogP contribution in [0.5, 0.6) is 0 Å². The number of hydrogen-bond donors (Lipinski definition) is 0. The molecule has 0 saturated heterocycles. The summed E-state index contributed by atoms with van der Waals surface area (Å²) in [6.07, 6.45) is 4.31. The van der Waals surface area contributed by atoms with Gasteiger partial charge in [0, 0.05) is 19.7 Å². The van der Waals surface area contributed by atoms with Crippen molar-refractivity contribution in [3.05, 3.63) is 24.3 Å². The molecule has 0 radical (unpaired) electrons. The molecule has 0 aromatic heterocycles. The van der Waals surface area contributed by atoms with Gasteiger partial charge in [0.05, 0.1) is 0 Å². The Bertz CT molecular complexity index is 193. The van der Waals surface area contributed by atoms with Gasteiger partial charge in [0.25, 0.3) is 0 Å². The Kier molecular flexibility index (Phi) is 1.90. The summed E-state index contributed by atoms with van der Waals surface area (Å²) in [6.45, 7) is 4.42. The van der Waals surface area contributed by atoms with Crippen molar-refractivity contribution in [1.82, 2.24) is 4.90 Å². The molecule has 0 aromatic carbocycles. The van der Waals surface area contributed by atoms with Crippen LogP contribution in [-0.4, -0.2) is 24.4 Å². The van der Waals surface area contributed by atoms with Gasteiger partial charge in [-0.3, -0.25) is 4.79 Å². The van der Waals surface area contributed by atoms with Crippen LogP contribution in [-0.2, 0) is 4.79 Å². The zero-order valence-electron chi connectivity index (χ0n) is 6.13. The van der Waals surface area contributed by atoms with Crippen LogP contribution in [0.4, 0.5) is 0 Å². The summed E-state index contributed by atoms with van der Waals surface area (Å²) < 4.78 is 0. The summed E-state index contributed by atoms with van der Waals surface area (Å²) in [5.41, 5.74) is 1.04. The van der Waals surface area contributed by atoms with Gasteiger partial charge in [0.1, 0.15) is 0 Å². The van der Waals surface area contributed by atoms with Crippen molar-refractivity contribution in [2.45, 2.75) is 6.42 Å². The lowest BCUT2D eigenvalue weighted by atomic mass is 10.1. The first-order valence-electron chi connectivity index (χ1n) is 3.32. The highest BCUT2D eigenvalue weighted by molar-refractivity contribution is 5.89. The van der Waals surface area contributed by atoms with Crippen molar-refractivity contribution in [3.8, 4) is 0 Å². The molecular formula is C8H11NO. The van der Waals surface area contributed by atoms with Crippen LogP contribution in [0.15, 0.2) is 24.3 Å². The van der Waals surface area contributed by atoms with Gasteiger partial charge in [-0.1, -0.05) is 12.7 Å². The Morgan fingerprint density at radius 2 is 2.50 bits per heavy atom. The topological polar surface area (TPSA) is 20.3 Å². The molecule has 54 valence electrons. The van der Waals surface area contributed by atoms with E-state index in [4.69, 9.17) is 0 Å². The van der Waals surface area contributed by atoms with Crippen molar-refractivity contribution in [2.75, 3.05) is 13.6 Å². The standard InChI is InChI=1S/C8H11NO/c1-3-7-4-5-9(2)8(10)6-7/h3,6H,1,4-5H2,2H3. The minimum Gasteiger partial charge on any atom is -0.342 e. The third kappa shape index (κ3) is 1.26. The Labute approximate surface area is 60.8 Å². The average molecular weight is 137 g/mol. The molecule has 1 heterocycles. The molecule has 0 fully saturated rings. The van der Waals surface area contributed by atoms with Gasteiger partial charge in [0.15, 0.2) is 0 Å². The molecule has 1 amide bonds. The highest BCUT2D eigenvalue weighted by Crippen LogP contribution is 2.09. The number of amides is 1. The van der Waals surface area contributed by atoms with E-state index in [1.165, 1.54) is 0 Å². The number of likely N-dealkylation sites (N-methyl/N-ethyl adjacent to an activating group) is 1. The number of rotatable bonds is 1. The van der Waals surface area contributed by atoms with Gasteiger partial charge in [-0.15, -0.1) is 0 Å². The maximum atomic E-state index is 11.0. The van der Waals surface area contributed by atoms with Crippen molar-refractivity contribution in [2.24, 2.45) is 0 Å². The molecule has 1 aliphatic rings. The maximum Gasteiger partial charge on any atom is 0.246 e. The average Bonchev–Trinajstić information content (AvgIpc) is 1.95. The van der Waals surface area contributed by atoms with Crippen LogP contribution in [0.25, 0.3) is 0 Å².